The molecule has 0 aromatic heterocycles. The van der Waals surface area contributed by atoms with E-state index in [2.05, 4.69) is 0 Å². The number of carbonyl (C=O) groups is 2. The first kappa shape index (κ1) is 19.9. The molecule has 0 unspecified atom stereocenters. The number of methoxy groups -OCH3 is 2. The van der Waals surface area contributed by atoms with E-state index in [9.17, 15) is 14.0 Å². The van der Waals surface area contributed by atoms with Crippen LogP contribution in [-0.4, -0.2) is 62.0 Å². The highest BCUT2D eigenvalue weighted by Gasteiger charge is 2.27. The molecule has 0 bridgehead atoms. The van der Waals surface area contributed by atoms with Gasteiger partial charge in [-0.1, -0.05) is 11.6 Å². The number of carbonyl (C=O) groups excluding carboxylic acids is 2. The fourth-order valence-corrected chi connectivity index (χ4v) is 3.26. The van der Waals surface area contributed by atoms with Crippen molar-refractivity contribution in [2.24, 2.45) is 0 Å². The second-order valence-corrected chi connectivity index (χ2v) is 6.71. The fourth-order valence-electron chi connectivity index (χ4n) is 3.10. The van der Waals surface area contributed by atoms with Crippen molar-refractivity contribution in [3.63, 3.8) is 0 Å². The van der Waals surface area contributed by atoms with Crippen molar-refractivity contribution in [2.75, 3.05) is 40.4 Å². The van der Waals surface area contributed by atoms with Gasteiger partial charge in [0, 0.05) is 36.8 Å². The molecule has 2 aromatic carbocycles. The number of piperazine rings is 1. The van der Waals surface area contributed by atoms with E-state index in [4.69, 9.17) is 21.1 Å². The molecule has 3 rings (SSSR count). The van der Waals surface area contributed by atoms with Gasteiger partial charge in [0.1, 0.15) is 5.82 Å². The number of benzene rings is 2. The predicted octanol–water partition coefficient (Wildman–Crippen LogP) is 3.09. The van der Waals surface area contributed by atoms with Crippen LogP contribution in [0.5, 0.6) is 11.5 Å². The van der Waals surface area contributed by atoms with Crippen molar-refractivity contribution in [3.05, 3.63) is 58.4 Å². The van der Waals surface area contributed by atoms with Gasteiger partial charge in [0.2, 0.25) is 0 Å². The summed E-state index contributed by atoms with van der Waals surface area (Å²) in [6, 6.07) is 8.95. The predicted molar refractivity (Wildman–Crippen MR) is 103 cm³/mol. The summed E-state index contributed by atoms with van der Waals surface area (Å²) in [7, 11) is 3.03. The lowest BCUT2D eigenvalue weighted by Crippen LogP contribution is -2.50. The van der Waals surface area contributed by atoms with Crippen LogP contribution in [0.25, 0.3) is 0 Å². The maximum absolute atomic E-state index is 14.0. The SMILES string of the molecule is COc1ccc(C(=O)N2CCN(C(=O)c3ccc(Cl)cc3F)CC2)cc1OC. The Morgan fingerprint density at radius 3 is 2.07 bits per heavy atom. The Kier molecular flexibility index (Phi) is 6.04. The minimum atomic E-state index is -0.652. The van der Waals surface area contributed by atoms with Gasteiger partial charge in [0.15, 0.2) is 11.5 Å². The molecular formula is C20H20ClFN2O4. The van der Waals surface area contributed by atoms with Gasteiger partial charge >= 0.3 is 0 Å². The van der Waals surface area contributed by atoms with Crippen LogP contribution in [-0.2, 0) is 0 Å². The maximum Gasteiger partial charge on any atom is 0.256 e. The summed E-state index contributed by atoms with van der Waals surface area (Å²) in [6.07, 6.45) is 0. The standard InChI is InChI=1S/C20H20ClFN2O4/c1-27-17-6-3-13(11-18(17)28-2)19(25)23-7-9-24(10-8-23)20(26)15-5-4-14(21)12-16(15)22/h3-6,11-12H,7-10H2,1-2H3. The van der Waals surface area contributed by atoms with E-state index in [1.807, 2.05) is 0 Å². The summed E-state index contributed by atoms with van der Waals surface area (Å²) < 4.78 is 24.4. The lowest BCUT2D eigenvalue weighted by molar-refractivity contribution is 0.0532. The Bertz CT molecular complexity index is 898. The summed E-state index contributed by atoms with van der Waals surface area (Å²) in [5.41, 5.74) is 0.449. The van der Waals surface area contributed by atoms with Crippen LogP contribution in [0.2, 0.25) is 5.02 Å². The van der Waals surface area contributed by atoms with Gasteiger partial charge in [-0.3, -0.25) is 9.59 Å². The van der Waals surface area contributed by atoms with Crippen molar-refractivity contribution >= 4 is 23.4 Å². The molecule has 0 spiro atoms. The molecule has 0 radical (unpaired) electrons. The summed E-state index contributed by atoms with van der Waals surface area (Å²) in [5, 5.41) is 0.236. The number of rotatable bonds is 4. The quantitative estimate of drug-likeness (QED) is 0.783. The van der Waals surface area contributed by atoms with E-state index < -0.39 is 11.7 Å². The summed E-state index contributed by atoms with van der Waals surface area (Å²) >= 11 is 5.73. The van der Waals surface area contributed by atoms with Crippen molar-refractivity contribution in [1.29, 1.82) is 0 Å². The number of ether oxygens (including phenoxy) is 2. The van der Waals surface area contributed by atoms with Crippen LogP contribution >= 0.6 is 11.6 Å². The molecule has 0 saturated carbocycles. The van der Waals surface area contributed by atoms with E-state index in [1.165, 1.54) is 31.3 Å². The summed E-state index contributed by atoms with van der Waals surface area (Å²) in [6.45, 7) is 1.35. The van der Waals surface area contributed by atoms with Crippen molar-refractivity contribution in [2.45, 2.75) is 0 Å². The minimum absolute atomic E-state index is 0.0240. The van der Waals surface area contributed by atoms with Gasteiger partial charge in [0.05, 0.1) is 19.8 Å². The van der Waals surface area contributed by atoms with Crippen LogP contribution in [0, 0.1) is 5.82 Å². The highest BCUT2D eigenvalue weighted by molar-refractivity contribution is 6.30. The second-order valence-electron chi connectivity index (χ2n) is 6.28. The Morgan fingerprint density at radius 1 is 0.893 bits per heavy atom. The number of hydrogen-bond donors (Lipinski definition) is 0. The minimum Gasteiger partial charge on any atom is -0.493 e. The molecule has 6 nitrogen and oxygen atoms in total. The van der Waals surface area contributed by atoms with Crippen molar-refractivity contribution < 1.29 is 23.5 Å². The van der Waals surface area contributed by atoms with Crippen LogP contribution in [0.1, 0.15) is 20.7 Å². The molecule has 1 fully saturated rings. The molecule has 2 aromatic rings. The summed E-state index contributed by atoms with van der Waals surface area (Å²) in [4.78, 5) is 28.5. The largest absolute Gasteiger partial charge is 0.493 e. The van der Waals surface area contributed by atoms with E-state index in [0.29, 0.717) is 43.2 Å². The van der Waals surface area contributed by atoms with E-state index in [-0.39, 0.29) is 16.5 Å². The highest BCUT2D eigenvalue weighted by Crippen LogP contribution is 2.28. The average Bonchev–Trinajstić information content (AvgIpc) is 2.72. The Morgan fingerprint density at radius 2 is 1.50 bits per heavy atom. The zero-order chi connectivity index (χ0) is 20.3. The third-order valence-electron chi connectivity index (χ3n) is 4.65. The Hall–Kier alpha value is -2.80. The van der Waals surface area contributed by atoms with Gasteiger partial charge in [0.25, 0.3) is 11.8 Å². The second kappa shape index (κ2) is 8.48. The lowest BCUT2D eigenvalue weighted by atomic mass is 10.1. The van der Waals surface area contributed by atoms with E-state index >= 15 is 0 Å². The topological polar surface area (TPSA) is 59.1 Å². The average molecular weight is 407 g/mol. The van der Waals surface area contributed by atoms with Crippen LogP contribution in [0.4, 0.5) is 4.39 Å². The third-order valence-corrected chi connectivity index (χ3v) is 4.88. The molecule has 1 aliphatic rings. The van der Waals surface area contributed by atoms with Crippen molar-refractivity contribution in [3.8, 4) is 11.5 Å². The molecular weight excluding hydrogens is 387 g/mol. The molecule has 1 saturated heterocycles. The van der Waals surface area contributed by atoms with Gasteiger partial charge in [-0.15, -0.1) is 0 Å². The molecule has 0 N–H and O–H groups in total. The molecule has 28 heavy (non-hydrogen) atoms. The molecule has 8 heteroatoms. The monoisotopic (exact) mass is 406 g/mol. The number of nitrogens with zero attached hydrogens (tertiary/aromatic N) is 2. The normalized spacial score (nSPS) is 14.0. The van der Waals surface area contributed by atoms with Crippen molar-refractivity contribution in [1.82, 2.24) is 9.80 Å². The van der Waals surface area contributed by atoms with Gasteiger partial charge in [-0.2, -0.15) is 0 Å². The van der Waals surface area contributed by atoms with E-state index in [1.54, 1.807) is 23.1 Å². The van der Waals surface area contributed by atoms with Gasteiger partial charge in [-0.25, -0.2) is 4.39 Å². The third kappa shape index (κ3) is 4.04. The molecule has 0 atom stereocenters. The Labute approximate surface area is 167 Å². The lowest BCUT2D eigenvalue weighted by Gasteiger charge is -2.35. The first-order valence-electron chi connectivity index (χ1n) is 8.70. The van der Waals surface area contributed by atoms with Crippen LogP contribution in [0.3, 0.4) is 0 Å². The van der Waals surface area contributed by atoms with Crippen LogP contribution in [0.15, 0.2) is 36.4 Å². The first-order chi connectivity index (χ1) is 13.4. The smallest absolute Gasteiger partial charge is 0.256 e. The van der Waals surface area contributed by atoms with Gasteiger partial charge < -0.3 is 19.3 Å². The maximum atomic E-state index is 14.0. The molecule has 1 heterocycles. The fraction of sp³-hybridized carbons (Fsp3) is 0.300. The molecule has 0 aliphatic carbocycles. The number of halogens is 2. The zero-order valence-electron chi connectivity index (χ0n) is 15.6. The van der Waals surface area contributed by atoms with Crippen LogP contribution < -0.4 is 9.47 Å². The van der Waals surface area contributed by atoms with E-state index in [0.717, 1.165) is 6.07 Å². The molecule has 148 valence electrons. The zero-order valence-corrected chi connectivity index (χ0v) is 16.3. The number of amides is 2. The van der Waals surface area contributed by atoms with Gasteiger partial charge in [-0.05, 0) is 36.4 Å². The molecule has 1 aliphatic heterocycles. The summed E-state index contributed by atoms with van der Waals surface area (Å²) in [5.74, 6) is -0.209. The number of hydrogen-bond acceptors (Lipinski definition) is 4. The Balaban J connectivity index is 1.66. The highest BCUT2D eigenvalue weighted by atomic mass is 35.5. The first-order valence-corrected chi connectivity index (χ1v) is 9.08. The molecule has 2 amide bonds.